The second-order valence-corrected chi connectivity index (χ2v) is 4.83. The Kier molecular flexibility index (Phi) is 3.88. The molecule has 1 aromatic rings. The Bertz CT molecular complexity index is 470. The molecule has 0 saturated carbocycles. The van der Waals surface area contributed by atoms with Gasteiger partial charge in [0.2, 0.25) is 0 Å². The fourth-order valence-electron chi connectivity index (χ4n) is 2.28. The molecule has 1 fully saturated rings. The summed E-state index contributed by atoms with van der Waals surface area (Å²) < 4.78 is 0. The van der Waals surface area contributed by atoms with Crippen molar-refractivity contribution in [3.63, 3.8) is 0 Å². The van der Waals surface area contributed by atoms with Crippen LogP contribution in [-0.2, 0) is 6.42 Å². The van der Waals surface area contributed by atoms with Crippen molar-refractivity contribution in [2.75, 3.05) is 19.6 Å². The lowest BCUT2D eigenvalue weighted by molar-refractivity contribution is 0.121. The van der Waals surface area contributed by atoms with Crippen molar-refractivity contribution in [1.29, 1.82) is 0 Å². The molecule has 1 aliphatic heterocycles. The molecule has 0 atom stereocenters. The van der Waals surface area contributed by atoms with E-state index in [4.69, 9.17) is 6.42 Å². The lowest BCUT2D eigenvalue weighted by Crippen LogP contribution is -2.54. The molecule has 0 radical (unpaired) electrons. The number of terminal acetylenes is 1. The van der Waals surface area contributed by atoms with Crippen molar-refractivity contribution in [1.82, 2.24) is 10.2 Å². The van der Waals surface area contributed by atoms with Gasteiger partial charge in [0, 0.05) is 13.1 Å². The van der Waals surface area contributed by atoms with E-state index in [-0.39, 0.29) is 6.03 Å². The third kappa shape index (κ3) is 3.04. The fraction of sp³-hybridized carbons (Fsp3) is 0.400. The van der Waals surface area contributed by atoms with E-state index in [1.54, 1.807) is 4.90 Å². The zero-order valence-corrected chi connectivity index (χ0v) is 10.6. The molecule has 0 aliphatic carbocycles. The highest BCUT2D eigenvalue weighted by molar-refractivity contribution is 5.75. The van der Waals surface area contributed by atoms with E-state index >= 15 is 0 Å². The number of nitrogens with one attached hydrogen (secondary N) is 1. The van der Waals surface area contributed by atoms with Crippen molar-refractivity contribution < 1.29 is 4.79 Å². The number of benzene rings is 1. The molecule has 1 aromatic carbocycles. The second-order valence-electron chi connectivity index (χ2n) is 4.83. The van der Waals surface area contributed by atoms with Gasteiger partial charge in [0.05, 0.1) is 6.54 Å². The Morgan fingerprint density at radius 2 is 2.33 bits per heavy atom. The van der Waals surface area contributed by atoms with Crippen molar-refractivity contribution >= 4 is 6.03 Å². The van der Waals surface area contributed by atoms with Gasteiger partial charge in [0.1, 0.15) is 0 Å². The number of carbonyl (C=O) groups is 1. The molecule has 1 aliphatic rings. The first-order valence-electron chi connectivity index (χ1n) is 6.21. The van der Waals surface area contributed by atoms with Crippen LogP contribution in [0.5, 0.6) is 0 Å². The normalized spacial score (nSPS) is 14.8. The van der Waals surface area contributed by atoms with Crippen LogP contribution in [-0.4, -0.2) is 30.6 Å². The third-order valence-electron chi connectivity index (χ3n) is 3.19. The van der Waals surface area contributed by atoms with Crippen molar-refractivity contribution in [3.8, 4) is 12.3 Å². The molecule has 18 heavy (non-hydrogen) atoms. The maximum absolute atomic E-state index is 11.6. The molecule has 3 nitrogen and oxygen atoms in total. The van der Waals surface area contributed by atoms with Crippen LogP contribution >= 0.6 is 0 Å². The Balaban J connectivity index is 1.76. The first-order chi connectivity index (χ1) is 8.69. The minimum absolute atomic E-state index is 0.0477. The minimum atomic E-state index is -0.0477. The Morgan fingerprint density at radius 3 is 3.00 bits per heavy atom. The molecule has 0 bridgehead atoms. The highest BCUT2D eigenvalue weighted by atomic mass is 16.2. The molecule has 0 unspecified atom stereocenters. The van der Waals surface area contributed by atoms with E-state index in [1.807, 2.05) is 0 Å². The summed E-state index contributed by atoms with van der Waals surface area (Å²) in [5.74, 6) is 2.97. The van der Waals surface area contributed by atoms with Crippen LogP contribution in [0.2, 0.25) is 0 Å². The van der Waals surface area contributed by atoms with Crippen molar-refractivity contribution in [3.05, 3.63) is 35.4 Å². The molecule has 1 heterocycles. The highest BCUT2D eigenvalue weighted by Crippen LogP contribution is 2.20. The predicted octanol–water partition coefficient (Wildman–Crippen LogP) is 1.81. The summed E-state index contributed by atoms with van der Waals surface area (Å²) in [6.45, 7) is 4.05. The first kappa shape index (κ1) is 12.5. The van der Waals surface area contributed by atoms with Gasteiger partial charge in [-0.15, -0.1) is 6.42 Å². The smallest absolute Gasteiger partial charge is 0.318 e. The number of urea groups is 1. The standard InChI is InChI=1S/C15H18N2O/c1-3-7-16-15(18)17-10-14(11-17)9-13-6-4-5-12(2)8-13/h1,4-6,8,14H,7,9-11H2,2H3,(H,16,18). The molecule has 3 heteroatoms. The van der Waals surface area contributed by atoms with E-state index in [1.165, 1.54) is 11.1 Å². The van der Waals surface area contributed by atoms with Crippen LogP contribution < -0.4 is 5.32 Å². The van der Waals surface area contributed by atoms with Gasteiger partial charge in [0.15, 0.2) is 0 Å². The molecular formula is C15H18N2O. The molecule has 1 N–H and O–H groups in total. The first-order valence-corrected chi connectivity index (χ1v) is 6.21. The number of likely N-dealkylation sites (tertiary alicyclic amines) is 1. The second kappa shape index (κ2) is 5.59. The number of aryl methyl sites for hydroxylation is 1. The van der Waals surface area contributed by atoms with E-state index < -0.39 is 0 Å². The van der Waals surface area contributed by atoms with Gasteiger partial charge in [0.25, 0.3) is 0 Å². The number of hydrogen-bond donors (Lipinski definition) is 1. The summed E-state index contributed by atoms with van der Waals surface area (Å²) in [6.07, 6.45) is 6.14. The Hall–Kier alpha value is -1.95. The summed E-state index contributed by atoms with van der Waals surface area (Å²) in [5.41, 5.74) is 2.64. The van der Waals surface area contributed by atoms with Crippen LogP contribution in [0.25, 0.3) is 0 Å². The fourth-order valence-corrected chi connectivity index (χ4v) is 2.28. The Morgan fingerprint density at radius 1 is 1.56 bits per heavy atom. The zero-order chi connectivity index (χ0) is 13.0. The van der Waals surface area contributed by atoms with Crippen molar-refractivity contribution in [2.45, 2.75) is 13.3 Å². The Labute approximate surface area is 108 Å². The summed E-state index contributed by atoms with van der Waals surface area (Å²) in [5, 5.41) is 2.68. The number of nitrogens with zero attached hydrogens (tertiary/aromatic N) is 1. The van der Waals surface area contributed by atoms with Crippen LogP contribution in [0.3, 0.4) is 0 Å². The summed E-state index contributed by atoms with van der Waals surface area (Å²) >= 11 is 0. The molecular weight excluding hydrogens is 224 g/mol. The monoisotopic (exact) mass is 242 g/mol. The third-order valence-corrected chi connectivity index (χ3v) is 3.19. The topological polar surface area (TPSA) is 32.3 Å². The summed E-state index contributed by atoms with van der Waals surface area (Å²) in [6, 6.07) is 8.49. The number of rotatable bonds is 3. The van der Waals surface area contributed by atoms with E-state index in [0.29, 0.717) is 12.5 Å². The van der Waals surface area contributed by atoms with Gasteiger partial charge >= 0.3 is 6.03 Å². The average molecular weight is 242 g/mol. The number of amides is 2. The van der Waals surface area contributed by atoms with Crippen molar-refractivity contribution in [2.24, 2.45) is 5.92 Å². The number of hydrogen-bond acceptors (Lipinski definition) is 1. The van der Waals surface area contributed by atoms with Crippen LogP contribution in [0.1, 0.15) is 11.1 Å². The molecule has 0 spiro atoms. The minimum Gasteiger partial charge on any atom is -0.327 e. The maximum Gasteiger partial charge on any atom is 0.318 e. The summed E-state index contributed by atoms with van der Waals surface area (Å²) in [4.78, 5) is 13.4. The quantitative estimate of drug-likeness (QED) is 0.806. The molecule has 2 amide bonds. The van der Waals surface area contributed by atoms with Gasteiger partial charge in [-0.25, -0.2) is 4.79 Å². The molecule has 0 aromatic heterocycles. The molecule has 1 saturated heterocycles. The van der Waals surface area contributed by atoms with Crippen LogP contribution in [0, 0.1) is 25.2 Å². The zero-order valence-electron chi connectivity index (χ0n) is 10.6. The van der Waals surface area contributed by atoms with Gasteiger partial charge in [-0.1, -0.05) is 35.7 Å². The van der Waals surface area contributed by atoms with E-state index in [9.17, 15) is 4.79 Å². The molecule has 94 valence electrons. The number of carbonyl (C=O) groups excluding carboxylic acids is 1. The maximum atomic E-state index is 11.6. The van der Waals surface area contributed by atoms with Gasteiger partial charge in [-0.05, 0) is 24.8 Å². The van der Waals surface area contributed by atoms with Gasteiger partial charge in [-0.3, -0.25) is 0 Å². The average Bonchev–Trinajstić information content (AvgIpc) is 2.30. The SMILES string of the molecule is C#CCNC(=O)N1CC(Cc2cccc(C)c2)C1. The summed E-state index contributed by atoms with van der Waals surface area (Å²) in [7, 11) is 0. The largest absolute Gasteiger partial charge is 0.327 e. The molecule has 2 rings (SSSR count). The lowest BCUT2D eigenvalue weighted by Gasteiger charge is -2.39. The van der Waals surface area contributed by atoms with E-state index in [0.717, 1.165) is 19.5 Å². The highest BCUT2D eigenvalue weighted by Gasteiger charge is 2.30. The van der Waals surface area contributed by atoms with Crippen LogP contribution in [0.4, 0.5) is 4.79 Å². The van der Waals surface area contributed by atoms with Gasteiger partial charge < -0.3 is 10.2 Å². The predicted molar refractivity (Wildman–Crippen MR) is 72.2 cm³/mol. The van der Waals surface area contributed by atoms with E-state index in [2.05, 4.69) is 42.4 Å². The van der Waals surface area contributed by atoms with Crippen LogP contribution in [0.15, 0.2) is 24.3 Å². The lowest BCUT2D eigenvalue weighted by atomic mass is 9.92. The van der Waals surface area contributed by atoms with Gasteiger partial charge in [-0.2, -0.15) is 0 Å².